The van der Waals surface area contributed by atoms with Crippen molar-refractivity contribution in [2.45, 2.75) is 40.0 Å². The predicted octanol–water partition coefficient (Wildman–Crippen LogP) is 2.76. The molecule has 12 heavy (non-hydrogen) atoms. The summed E-state index contributed by atoms with van der Waals surface area (Å²) in [6.45, 7) is 9.17. The van der Waals surface area contributed by atoms with Crippen LogP contribution in [0.2, 0.25) is 0 Å². The van der Waals surface area contributed by atoms with Gasteiger partial charge in [0.05, 0.1) is 0 Å². The average Bonchev–Trinajstić information content (AvgIpc) is 2.46. The number of hydrogen-bond donors (Lipinski definition) is 0. The highest BCUT2D eigenvalue weighted by Gasteiger charge is 2.44. The summed E-state index contributed by atoms with van der Waals surface area (Å²) in [6.07, 6.45) is 4.44. The molecule has 0 spiro atoms. The minimum Gasteiger partial charge on any atom is -0.306 e. The molecule has 0 bridgehead atoms. The van der Waals surface area contributed by atoms with Gasteiger partial charge in [-0.1, -0.05) is 27.2 Å². The van der Waals surface area contributed by atoms with Crippen LogP contribution in [0.25, 0.3) is 0 Å². The van der Waals surface area contributed by atoms with Crippen molar-refractivity contribution >= 4 is 0 Å². The highest BCUT2D eigenvalue weighted by molar-refractivity contribution is 4.96. The van der Waals surface area contributed by atoms with E-state index in [1.54, 1.807) is 0 Å². The Balaban J connectivity index is 0.000000336. The van der Waals surface area contributed by atoms with Crippen molar-refractivity contribution in [3.05, 3.63) is 0 Å². The lowest BCUT2D eigenvalue weighted by molar-refractivity contribution is 0.287. The zero-order chi connectivity index (χ0) is 9.19. The summed E-state index contributed by atoms with van der Waals surface area (Å²) >= 11 is 0. The number of hydrogen-bond acceptors (Lipinski definition) is 1. The lowest BCUT2D eigenvalue weighted by Gasteiger charge is -2.21. The molecule has 1 heterocycles. The van der Waals surface area contributed by atoms with E-state index in [-0.39, 0.29) is 0 Å². The molecule has 1 nitrogen and oxygen atoms in total. The van der Waals surface area contributed by atoms with Crippen molar-refractivity contribution in [3.8, 4) is 0 Å². The second kappa shape index (κ2) is 3.78. The van der Waals surface area contributed by atoms with E-state index in [0.29, 0.717) is 5.41 Å². The van der Waals surface area contributed by atoms with Crippen LogP contribution in [0.5, 0.6) is 0 Å². The second-order valence-electron chi connectivity index (χ2n) is 4.44. The summed E-state index contributed by atoms with van der Waals surface area (Å²) < 4.78 is 0. The van der Waals surface area contributed by atoms with E-state index in [1.165, 1.54) is 32.4 Å². The van der Waals surface area contributed by atoms with Crippen molar-refractivity contribution in [1.82, 2.24) is 4.90 Å². The molecule has 1 saturated heterocycles. The summed E-state index contributed by atoms with van der Waals surface area (Å²) in [6, 6.07) is 0. The lowest BCUT2D eigenvalue weighted by atomic mass is 9.83. The quantitative estimate of drug-likeness (QED) is 0.539. The third-order valence-electron chi connectivity index (χ3n) is 3.45. The highest BCUT2D eigenvalue weighted by Crippen LogP contribution is 2.47. The van der Waals surface area contributed by atoms with Gasteiger partial charge in [0.15, 0.2) is 0 Å². The molecular formula is C11H23N. The van der Waals surface area contributed by atoms with Gasteiger partial charge >= 0.3 is 0 Å². The molecular weight excluding hydrogens is 146 g/mol. The van der Waals surface area contributed by atoms with Gasteiger partial charge in [0.25, 0.3) is 0 Å². The molecule has 2 aliphatic rings. The Morgan fingerprint density at radius 1 is 1.33 bits per heavy atom. The van der Waals surface area contributed by atoms with Crippen LogP contribution in [0, 0.1) is 11.3 Å². The maximum atomic E-state index is 2.49. The molecule has 1 heteroatoms. The molecule has 2 rings (SSSR count). The standard InChI is InChI=1S/C9H17N.C2H6/c1-9-5-3-4-8(9)6-10(2)7-9;1-2/h8H,3-7H2,1-2H3;1-2H3. The Bertz CT molecular complexity index is 144. The molecule has 0 aromatic carbocycles. The number of fused-ring (bicyclic) bond motifs is 1. The predicted molar refractivity (Wildman–Crippen MR) is 54.3 cm³/mol. The minimum atomic E-state index is 0.703. The zero-order valence-corrected chi connectivity index (χ0v) is 9.06. The third-order valence-corrected chi connectivity index (χ3v) is 3.45. The lowest BCUT2D eigenvalue weighted by Crippen LogP contribution is -2.21. The largest absolute Gasteiger partial charge is 0.306 e. The SMILES string of the molecule is CC.CN1CC2CCCC2(C)C1. The Kier molecular flexibility index (Phi) is 3.16. The summed E-state index contributed by atoms with van der Waals surface area (Å²) in [4.78, 5) is 2.49. The third kappa shape index (κ3) is 1.66. The van der Waals surface area contributed by atoms with Crippen molar-refractivity contribution in [2.75, 3.05) is 20.1 Å². The van der Waals surface area contributed by atoms with E-state index < -0.39 is 0 Å². The minimum absolute atomic E-state index is 0.703. The second-order valence-corrected chi connectivity index (χ2v) is 4.44. The van der Waals surface area contributed by atoms with Gasteiger partial charge in [0.1, 0.15) is 0 Å². The Morgan fingerprint density at radius 3 is 2.58 bits per heavy atom. The van der Waals surface area contributed by atoms with Crippen molar-refractivity contribution in [3.63, 3.8) is 0 Å². The fourth-order valence-electron chi connectivity index (χ4n) is 2.88. The van der Waals surface area contributed by atoms with Crippen LogP contribution in [0.1, 0.15) is 40.0 Å². The molecule has 1 saturated carbocycles. The maximum Gasteiger partial charge on any atom is 0.00355 e. The molecule has 2 fully saturated rings. The van der Waals surface area contributed by atoms with Crippen LogP contribution in [0.4, 0.5) is 0 Å². The molecule has 1 aliphatic heterocycles. The van der Waals surface area contributed by atoms with Crippen molar-refractivity contribution in [1.29, 1.82) is 0 Å². The number of likely N-dealkylation sites (tertiary alicyclic amines) is 1. The highest BCUT2D eigenvalue weighted by atomic mass is 15.1. The van der Waals surface area contributed by atoms with Crippen LogP contribution in [-0.4, -0.2) is 25.0 Å². The van der Waals surface area contributed by atoms with Gasteiger partial charge in [0, 0.05) is 13.1 Å². The fraction of sp³-hybridized carbons (Fsp3) is 1.00. The molecule has 0 aromatic rings. The van der Waals surface area contributed by atoms with Crippen LogP contribution in [0.3, 0.4) is 0 Å². The zero-order valence-electron chi connectivity index (χ0n) is 9.06. The topological polar surface area (TPSA) is 3.24 Å². The molecule has 2 atom stereocenters. The van der Waals surface area contributed by atoms with E-state index in [2.05, 4.69) is 18.9 Å². The molecule has 0 N–H and O–H groups in total. The molecule has 2 unspecified atom stereocenters. The molecule has 0 amide bonds. The van der Waals surface area contributed by atoms with Crippen molar-refractivity contribution < 1.29 is 0 Å². The van der Waals surface area contributed by atoms with E-state index in [1.807, 2.05) is 13.8 Å². The number of rotatable bonds is 0. The summed E-state index contributed by atoms with van der Waals surface area (Å²) in [5.41, 5.74) is 0.703. The van der Waals surface area contributed by atoms with Gasteiger partial charge in [-0.25, -0.2) is 0 Å². The fourth-order valence-corrected chi connectivity index (χ4v) is 2.88. The monoisotopic (exact) mass is 169 g/mol. The Labute approximate surface area is 77.1 Å². The summed E-state index contributed by atoms with van der Waals surface area (Å²) in [5.74, 6) is 1.03. The van der Waals surface area contributed by atoms with E-state index in [4.69, 9.17) is 0 Å². The molecule has 1 aliphatic carbocycles. The molecule has 0 aromatic heterocycles. The normalized spacial score (nSPS) is 40.5. The van der Waals surface area contributed by atoms with Crippen LogP contribution in [-0.2, 0) is 0 Å². The van der Waals surface area contributed by atoms with Gasteiger partial charge in [-0.3, -0.25) is 0 Å². The van der Waals surface area contributed by atoms with Crippen LogP contribution >= 0.6 is 0 Å². The Morgan fingerprint density at radius 2 is 2.00 bits per heavy atom. The van der Waals surface area contributed by atoms with Crippen LogP contribution < -0.4 is 0 Å². The maximum absolute atomic E-state index is 2.49. The first-order chi connectivity index (χ1) is 5.71. The Hall–Kier alpha value is -0.0400. The van der Waals surface area contributed by atoms with Gasteiger partial charge in [-0.2, -0.15) is 0 Å². The first-order valence-corrected chi connectivity index (χ1v) is 5.39. The first-order valence-electron chi connectivity index (χ1n) is 5.39. The molecule has 72 valence electrons. The smallest absolute Gasteiger partial charge is 0.00355 e. The van der Waals surface area contributed by atoms with E-state index in [9.17, 15) is 0 Å². The van der Waals surface area contributed by atoms with E-state index in [0.717, 1.165) is 5.92 Å². The van der Waals surface area contributed by atoms with Crippen molar-refractivity contribution in [2.24, 2.45) is 11.3 Å². The van der Waals surface area contributed by atoms with Crippen LogP contribution in [0.15, 0.2) is 0 Å². The van der Waals surface area contributed by atoms with E-state index >= 15 is 0 Å². The average molecular weight is 169 g/mol. The number of nitrogens with zero attached hydrogens (tertiary/aromatic N) is 1. The van der Waals surface area contributed by atoms with Gasteiger partial charge in [0.2, 0.25) is 0 Å². The molecule has 0 radical (unpaired) electrons. The van der Waals surface area contributed by atoms with Gasteiger partial charge in [-0.05, 0) is 31.2 Å². The first kappa shape index (κ1) is 10.0. The summed E-state index contributed by atoms with van der Waals surface area (Å²) in [7, 11) is 2.25. The van der Waals surface area contributed by atoms with Gasteiger partial charge < -0.3 is 4.90 Å². The summed E-state index contributed by atoms with van der Waals surface area (Å²) in [5, 5.41) is 0. The van der Waals surface area contributed by atoms with Gasteiger partial charge in [-0.15, -0.1) is 0 Å².